The summed E-state index contributed by atoms with van der Waals surface area (Å²) in [5.74, 6) is 0. The van der Waals surface area contributed by atoms with Gasteiger partial charge in [0.2, 0.25) is 0 Å². The quantitative estimate of drug-likeness (QED) is 0.739. The fourth-order valence-corrected chi connectivity index (χ4v) is 2.43. The molecule has 2 nitrogen and oxygen atoms in total. The number of ether oxygens (including phenoxy) is 1. The van der Waals surface area contributed by atoms with Crippen LogP contribution in [0.15, 0.2) is 43.0 Å². The Balaban J connectivity index is 1.94. The first-order valence-electron chi connectivity index (χ1n) is 6.30. The first-order valence-corrected chi connectivity index (χ1v) is 6.30. The highest BCUT2D eigenvalue weighted by Gasteiger charge is 2.24. The van der Waals surface area contributed by atoms with Crippen LogP contribution in [0, 0.1) is 0 Å². The second-order valence-electron chi connectivity index (χ2n) is 4.77. The lowest BCUT2D eigenvalue weighted by Gasteiger charge is -2.36. The molecule has 0 N–H and O–H groups in total. The Labute approximate surface area is 104 Å². The van der Waals surface area contributed by atoms with Crippen LogP contribution in [0.4, 0.5) is 0 Å². The van der Waals surface area contributed by atoms with E-state index in [0.29, 0.717) is 12.2 Å². The van der Waals surface area contributed by atoms with Crippen molar-refractivity contribution in [3.05, 3.63) is 48.6 Å². The number of hydrogen-bond donors (Lipinski definition) is 0. The molecule has 0 saturated carbocycles. The summed E-state index contributed by atoms with van der Waals surface area (Å²) in [4.78, 5) is 2.47. The zero-order valence-corrected chi connectivity index (χ0v) is 10.5. The molecule has 0 unspecified atom stereocenters. The fraction of sp³-hybridized carbons (Fsp3) is 0.467. The topological polar surface area (TPSA) is 12.5 Å². The third-order valence-electron chi connectivity index (χ3n) is 3.08. The van der Waals surface area contributed by atoms with Gasteiger partial charge in [0, 0.05) is 19.6 Å². The zero-order valence-electron chi connectivity index (χ0n) is 10.5. The van der Waals surface area contributed by atoms with Crippen molar-refractivity contribution in [2.45, 2.75) is 32.1 Å². The Hall–Kier alpha value is -1.12. The van der Waals surface area contributed by atoms with E-state index in [-0.39, 0.29) is 0 Å². The van der Waals surface area contributed by atoms with Gasteiger partial charge in [-0.1, -0.05) is 36.4 Å². The van der Waals surface area contributed by atoms with E-state index in [1.165, 1.54) is 5.56 Å². The van der Waals surface area contributed by atoms with E-state index in [4.69, 9.17) is 4.74 Å². The Kier molecular flexibility index (Phi) is 4.35. The van der Waals surface area contributed by atoms with Gasteiger partial charge in [0.1, 0.15) is 0 Å². The maximum absolute atomic E-state index is 5.88. The van der Waals surface area contributed by atoms with Crippen LogP contribution < -0.4 is 0 Å². The molecule has 1 aliphatic heterocycles. The monoisotopic (exact) mass is 231 g/mol. The van der Waals surface area contributed by atoms with Gasteiger partial charge in [-0.05, 0) is 18.9 Å². The highest BCUT2D eigenvalue weighted by Crippen LogP contribution is 2.16. The highest BCUT2D eigenvalue weighted by molar-refractivity contribution is 5.14. The predicted octanol–water partition coefficient (Wildman–Crippen LogP) is 2.85. The number of rotatable bonds is 4. The van der Waals surface area contributed by atoms with Crippen molar-refractivity contribution in [1.82, 2.24) is 4.90 Å². The maximum Gasteiger partial charge on any atom is 0.0740 e. The Morgan fingerprint density at radius 2 is 2.12 bits per heavy atom. The van der Waals surface area contributed by atoms with Crippen LogP contribution in [0.25, 0.3) is 0 Å². The molecular weight excluding hydrogens is 210 g/mol. The van der Waals surface area contributed by atoms with Crippen LogP contribution in [0.3, 0.4) is 0 Å². The van der Waals surface area contributed by atoms with Crippen molar-refractivity contribution in [2.75, 3.05) is 13.1 Å². The summed E-state index contributed by atoms with van der Waals surface area (Å²) in [6.07, 6.45) is 3.51. The lowest BCUT2D eigenvalue weighted by atomic mass is 10.1. The van der Waals surface area contributed by atoms with Crippen LogP contribution in [0.1, 0.15) is 18.9 Å². The number of hydrogen-bond acceptors (Lipinski definition) is 2. The third-order valence-corrected chi connectivity index (χ3v) is 3.08. The number of nitrogens with zero attached hydrogens (tertiary/aromatic N) is 1. The first kappa shape index (κ1) is 12.3. The minimum absolute atomic E-state index is 0.306. The summed E-state index contributed by atoms with van der Waals surface area (Å²) < 4.78 is 5.88. The summed E-state index contributed by atoms with van der Waals surface area (Å²) in [7, 11) is 0. The second kappa shape index (κ2) is 5.99. The molecule has 2 atom stereocenters. The van der Waals surface area contributed by atoms with Crippen LogP contribution in [-0.4, -0.2) is 30.2 Å². The van der Waals surface area contributed by atoms with Gasteiger partial charge < -0.3 is 4.74 Å². The summed E-state index contributed by atoms with van der Waals surface area (Å²) >= 11 is 0. The first-order chi connectivity index (χ1) is 8.28. The van der Waals surface area contributed by atoms with E-state index in [1.54, 1.807) is 0 Å². The van der Waals surface area contributed by atoms with E-state index >= 15 is 0 Å². The molecule has 1 aliphatic rings. The molecule has 1 saturated heterocycles. The van der Waals surface area contributed by atoms with Crippen LogP contribution >= 0.6 is 0 Å². The second-order valence-corrected chi connectivity index (χ2v) is 4.77. The fourth-order valence-electron chi connectivity index (χ4n) is 2.43. The minimum Gasteiger partial charge on any atom is -0.372 e. The largest absolute Gasteiger partial charge is 0.372 e. The Bertz CT molecular complexity index is 349. The molecule has 0 spiro atoms. The molecule has 0 aliphatic carbocycles. The van der Waals surface area contributed by atoms with Crippen molar-refractivity contribution in [3.8, 4) is 0 Å². The van der Waals surface area contributed by atoms with E-state index in [1.807, 2.05) is 6.08 Å². The maximum atomic E-state index is 5.88. The Morgan fingerprint density at radius 3 is 2.82 bits per heavy atom. The summed E-state index contributed by atoms with van der Waals surface area (Å²) in [6, 6.07) is 10.6. The van der Waals surface area contributed by atoms with Gasteiger partial charge in [-0.25, -0.2) is 0 Å². The van der Waals surface area contributed by atoms with Gasteiger partial charge in [-0.2, -0.15) is 0 Å². The van der Waals surface area contributed by atoms with Crippen molar-refractivity contribution in [2.24, 2.45) is 0 Å². The van der Waals surface area contributed by atoms with Crippen molar-refractivity contribution in [3.63, 3.8) is 0 Å². The summed E-state index contributed by atoms with van der Waals surface area (Å²) in [5, 5.41) is 0. The van der Waals surface area contributed by atoms with Crippen LogP contribution in [-0.2, 0) is 11.3 Å². The normalized spacial score (nSPS) is 25.7. The van der Waals surface area contributed by atoms with Crippen LogP contribution in [0.2, 0.25) is 0 Å². The lowest BCUT2D eigenvalue weighted by Crippen LogP contribution is -2.45. The molecular formula is C15H21NO. The van der Waals surface area contributed by atoms with Gasteiger partial charge in [0.15, 0.2) is 0 Å². The number of benzene rings is 1. The van der Waals surface area contributed by atoms with Crippen molar-refractivity contribution < 1.29 is 4.74 Å². The van der Waals surface area contributed by atoms with Gasteiger partial charge in [0.05, 0.1) is 12.2 Å². The van der Waals surface area contributed by atoms with Gasteiger partial charge in [0.25, 0.3) is 0 Å². The number of morpholine rings is 1. The molecule has 1 heterocycles. The molecule has 2 heteroatoms. The summed E-state index contributed by atoms with van der Waals surface area (Å²) in [5.41, 5.74) is 1.37. The highest BCUT2D eigenvalue weighted by atomic mass is 16.5. The third kappa shape index (κ3) is 3.69. The van der Waals surface area contributed by atoms with E-state index in [0.717, 1.165) is 26.1 Å². The zero-order chi connectivity index (χ0) is 12.1. The molecule has 0 radical (unpaired) electrons. The standard InChI is InChI=1S/C15H21NO/c1-3-7-15-12-16(10-13(2)17-15)11-14-8-5-4-6-9-14/h3-6,8-9,13,15H,1,7,10-12H2,2H3/t13-,15+/m0/s1. The van der Waals surface area contributed by atoms with E-state index in [2.05, 4.69) is 48.7 Å². The molecule has 1 aromatic carbocycles. The molecule has 0 bridgehead atoms. The average Bonchev–Trinajstić information content (AvgIpc) is 2.30. The molecule has 0 aromatic heterocycles. The van der Waals surface area contributed by atoms with E-state index < -0.39 is 0 Å². The van der Waals surface area contributed by atoms with Gasteiger partial charge in [-0.15, -0.1) is 6.58 Å². The predicted molar refractivity (Wildman–Crippen MR) is 70.9 cm³/mol. The minimum atomic E-state index is 0.306. The van der Waals surface area contributed by atoms with Crippen molar-refractivity contribution >= 4 is 0 Å². The smallest absolute Gasteiger partial charge is 0.0740 e. The average molecular weight is 231 g/mol. The molecule has 17 heavy (non-hydrogen) atoms. The molecule has 0 amide bonds. The SMILES string of the molecule is C=CC[C@@H]1CN(Cc2ccccc2)C[C@H](C)O1. The Morgan fingerprint density at radius 1 is 1.35 bits per heavy atom. The van der Waals surface area contributed by atoms with Gasteiger partial charge in [-0.3, -0.25) is 4.90 Å². The van der Waals surface area contributed by atoms with Gasteiger partial charge >= 0.3 is 0 Å². The van der Waals surface area contributed by atoms with Crippen LogP contribution in [0.5, 0.6) is 0 Å². The molecule has 1 fully saturated rings. The molecule has 1 aromatic rings. The van der Waals surface area contributed by atoms with Crippen molar-refractivity contribution in [1.29, 1.82) is 0 Å². The summed E-state index contributed by atoms with van der Waals surface area (Å²) in [6.45, 7) is 8.97. The van der Waals surface area contributed by atoms with E-state index in [9.17, 15) is 0 Å². The molecule has 2 rings (SSSR count). The molecule has 92 valence electrons. The lowest BCUT2D eigenvalue weighted by molar-refractivity contribution is -0.0773.